The van der Waals surface area contributed by atoms with Crippen molar-refractivity contribution in [3.8, 4) is 0 Å². The summed E-state index contributed by atoms with van der Waals surface area (Å²) >= 11 is 0. The Morgan fingerprint density at radius 1 is 1.09 bits per heavy atom. The van der Waals surface area contributed by atoms with Crippen LogP contribution < -0.4 is 4.90 Å². The van der Waals surface area contributed by atoms with Crippen LogP contribution in [0.3, 0.4) is 0 Å². The maximum Gasteiger partial charge on any atom is 0.222 e. The van der Waals surface area contributed by atoms with Gasteiger partial charge in [0.25, 0.3) is 0 Å². The molecule has 1 aromatic heterocycles. The topological polar surface area (TPSA) is 49.3 Å². The van der Waals surface area contributed by atoms with Gasteiger partial charge in [-0.25, -0.2) is 14.4 Å². The van der Waals surface area contributed by atoms with Gasteiger partial charge < -0.3 is 9.80 Å². The number of aryl methyl sites for hydroxylation is 2. The average molecular weight is 453 g/mol. The van der Waals surface area contributed by atoms with Crippen LogP contribution in [0.2, 0.25) is 0 Å². The zero-order chi connectivity index (χ0) is 23.2. The number of hydrogen-bond donors (Lipinski definition) is 0. The third-order valence-electron chi connectivity index (χ3n) is 7.18. The highest BCUT2D eigenvalue weighted by Crippen LogP contribution is 2.29. The number of carbonyl (C=O) groups is 1. The van der Waals surface area contributed by atoms with Crippen molar-refractivity contribution in [1.29, 1.82) is 0 Å². The molecule has 6 heteroatoms. The van der Waals surface area contributed by atoms with Gasteiger partial charge in [0.2, 0.25) is 5.91 Å². The Morgan fingerprint density at radius 2 is 1.91 bits per heavy atom. The van der Waals surface area contributed by atoms with Crippen LogP contribution in [-0.4, -0.2) is 47.0 Å². The van der Waals surface area contributed by atoms with Crippen LogP contribution in [-0.2, 0) is 17.6 Å². The lowest BCUT2D eigenvalue weighted by Gasteiger charge is -2.26. The second kappa shape index (κ2) is 11.1. The van der Waals surface area contributed by atoms with Crippen molar-refractivity contribution >= 4 is 11.7 Å². The molecule has 1 saturated heterocycles. The van der Waals surface area contributed by atoms with Gasteiger partial charge in [0.05, 0.1) is 0 Å². The monoisotopic (exact) mass is 452 g/mol. The Labute approximate surface area is 197 Å². The van der Waals surface area contributed by atoms with Crippen molar-refractivity contribution in [3.63, 3.8) is 0 Å². The van der Waals surface area contributed by atoms with Crippen molar-refractivity contribution in [2.75, 3.05) is 31.1 Å². The molecule has 1 aliphatic carbocycles. The first-order chi connectivity index (χ1) is 16.0. The van der Waals surface area contributed by atoms with E-state index in [-0.39, 0.29) is 5.82 Å². The van der Waals surface area contributed by atoms with E-state index < -0.39 is 0 Å². The highest BCUT2D eigenvalue weighted by Gasteiger charge is 2.24. The minimum absolute atomic E-state index is 0.221. The molecule has 2 aliphatic rings. The van der Waals surface area contributed by atoms with E-state index in [1.54, 1.807) is 12.1 Å². The fourth-order valence-corrected chi connectivity index (χ4v) is 5.39. The molecule has 0 bridgehead atoms. The van der Waals surface area contributed by atoms with Gasteiger partial charge in [0, 0.05) is 50.3 Å². The standard InChI is InChI=1S/C27H37FN4O/c1-3-25-24(19-22-10-6-11-23(28)18-22)27(30-20(2)29-25)32-15-7-14-31(16-17-32)26(33)13-12-21-8-4-5-9-21/h6,10-11,18,21H,3-5,7-9,12-17,19H2,1-2H3. The number of carbonyl (C=O) groups excluding carboxylic acids is 1. The van der Waals surface area contributed by atoms with Crippen LogP contribution in [0.15, 0.2) is 24.3 Å². The zero-order valence-electron chi connectivity index (χ0n) is 20.2. The van der Waals surface area contributed by atoms with Gasteiger partial charge in [-0.15, -0.1) is 0 Å². The van der Waals surface area contributed by atoms with Crippen LogP contribution in [0.5, 0.6) is 0 Å². The summed E-state index contributed by atoms with van der Waals surface area (Å²) in [7, 11) is 0. The molecule has 5 nitrogen and oxygen atoms in total. The molecule has 2 aromatic rings. The van der Waals surface area contributed by atoms with E-state index in [1.165, 1.54) is 31.7 Å². The number of nitrogens with zero attached hydrogens (tertiary/aromatic N) is 4. The molecule has 1 saturated carbocycles. The summed E-state index contributed by atoms with van der Waals surface area (Å²) < 4.78 is 13.8. The van der Waals surface area contributed by atoms with E-state index in [9.17, 15) is 9.18 Å². The highest BCUT2D eigenvalue weighted by molar-refractivity contribution is 5.76. The number of rotatable bonds is 7. The molecule has 1 aliphatic heterocycles. The Hall–Kier alpha value is -2.50. The molecule has 2 heterocycles. The number of amides is 1. The molecule has 4 rings (SSSR count). The van der Waals surface area contributed by atoms with Gasteiger partial charge in [-0.2, -0.15) is 0 Å². The van der Waals surface area contributed by atoms with E-state index in [2.05, 4.69) is 16.7 Å². The van der Waals surface area contributed by atoms with E-state index in [1.807, 2.05) is 13.0 Å². The van der Waals surface area contributed by atoms with Gasteiger partial charge in [-0.1, -0.05) is 44.7 Å². The van der Waals surface area contributed by atoms with Gasteiger partial charge >= 0.3 is 0 Å². The molecule has 0 unspecified atom stereocenters. The fraction of sp³-hybridized carbons (Fsp3) is 0.593. The van der Waals surface area contributed by atoms with Crippen LogP contribution in [0, 0.1) is 18.7 Å². The SMILES string of the molecule is CCc1nc(C)nc(N2CCCN(C(=O)CCC3CCCC3)CC2)c1Cc1cccc(F)c1. The average Bonchev–Trinajstić information content (AvgIpc) is 3.21. The summed E-state index contributed by atoms with van der Waals surface area (Å²) in [5, 5.41) is 0. The summed E-state index contributed by atoms with van der Waals surface area (Å²) in [6.07, 6.45) is 9.31. The summed E-state index contributed by atoms with van der Waals surface area (Å²) in [6.45, 7) is 7.21. The fourth-order valence-electron chi connectivity index (χ4n) is 5.39. The van der Waals surface area contributed by atoms with Gasteiger partial charge in [-0.05, 0) is 49.8 Å². The first-order valence-electron chi connectivity index (χ1n) is 12.7. The van der Waals surface area contributed by atoms with Crippen molar-refractivity contribution in [1.82, 2.24) is 14.9 Å². The third-order valence-corrected chi connectivity index (χ3v) is 7.18. The Bertz CT molecular complexity index is 957. The molecular weight excluding hydrogens is 415 g/mol. The zero-order valence-corrected chi connectivity index (χ0v) is 20.2. The van der Waals surface area contributed by atoms with Gasteiger partial charge in [0.15, 0.2) is 0 Å². The maximum atomic E-state index is 13.8. The largest absolute Gasteiger partial charge is 0.354 e. The second-order valence-electron chi connectivity index (χ2n) is 9.59. The Morgan fingerprint density at radius 3 is 2.67 bits per heavy atom. The van der Waals surface area contributed by atoms with Crippen LogP contribution in [0.1, 0.15) is 74.5 Å². The van der Waals surface area contributed by atoms with E-state index >= 15 is 0 Å². The summed E-state index contributed by atoms with van der Waals surface area (Å²) in [5.74, 6) is 2.54. The Balaban J connectivity index is 1.48. The van der Waals surface area contributed by atoms with E-state index in [0.29, 0.717) is 18.7 Å². The first kappa shape index (κ1) is 23.7. The minimum atomic E-state index is -0.221. The molecule has 0 N–H and O–H groups in total. The number of halogens is 1. The van der Waals surface area contributed by atoms with E-state index in [0.717, 1.165) is 79.8 Å². The summed E-state index contributed by atoms with van der Waals surface area (Å²) in [5.41, 5.74) is 3.03. The first-order valence-corrected chi connectivity index (χ1v) is 12.7. The predicted molar refractivity (Wildman–Crippen MR) is 130 cm³/mol. The molecule has 0 spiro atoms. The molecule has 33 heavy (non-hydrogen) atoms. The maximum absolute atomic E-state index is 13.8. The molecule has 0 atom stereocenters. The van der Waals surface area contributed by atoms with Crippen molar-refractivity contribution in [3.05, 3.63) is 52.7 Å². The lowest BCUT2D eigenvalue weighted by Crippen LogP contribution is -2.36. The van der Waals surface area contributed by atoms with Crippen LogP contribution in [0.4, 0.5) is 10.2 Å². The summed E-state index contributed by atoms with van der Waals surface area (Å²) in [4.78, 5) is 26.8. The number of aromatic nitrogens is 2. The Kier molecular flexibility index (Phi) is 7.94. The second-order valence-corrected chi connectivity index (χ2v) is 9.59. The minimum Gasteiger partial charge on any atom is -0.354 e. The molecular formula is C27H37FN4O. The van der Waals surface area contributed by atoms with Gasteiger partial charge in [-0.3, -0.25) is 4.79 Å². The number of anilines is 1. The van der Waals surface area contributed by atoms with Crippen LogP contribution >= 0.6 is 0 Å². The van der Waals surface area contributed by atoms with E-state index in [4.69, 9.17) is 9.97 Å². The van der Waals surface area contributed by atoms with Crippen molar-refractivity contribution in [2.45, 2.75) is 71.6 Å². The normalized spacial score (nSPS) is 17.4. The van der Waals surface area contributed by atoms with Gasteiger partial charge in [0.1, 0.15) is 17.5 Å². The molecule has 1 aromatic carbocycles. The summed E-state index contributed by atoms with van der Waals surface area (Å²) in [6, 6.07) is 6.78. The van der Waals surface area contributed by atoms with Crippen molar-refractivity contribution < 1.29 is 9.18 Å². The third kappa shape index (κ3) is 6.10. The number of hydrogen-bond acceptors (Lipinski definition) is 4. The van der Waals surface area contributed by atoms with Crippen LogP contribution in [0.25, 0.3) is 0 Å². The molecule has 1 amide bonds. The quantitative estimate of drug-likeness (QED) is 0.587. The molecule has 178 valence electrons. The smallest absolute Gasteiger partial charge is 0.222 e. The lowest BCUT2D eigenvalue weighted by molar-refractivity contribution is -0.131. The molecule has 2 fully saturated rings. The number of benzene rings is 1. The highest BCUT2D eigenvalue weighted by atomic mass is 19.1. The molecule has 0 radical (unpaired) electrons. The van der Waals surface area contributed by atoms with Crippen molar-refractivity contribution in [2.24, 2.45) is 5.92 Å². The lowest BCUT2D eigenvalue weighted by atomic mass is 10.0. The predicted octanol–water partition coefficient (Wildman–Crippen LogP) is 5.09.